The number of aromatic nitrogens is 4. The second-order valence-corrected chi connectivity index (χ2v) is 6.28. The molecule has 1 unspecified atom stereocenters. The molecule has 0 saturated carbocycles. The molecule has 0 spiro atoms. The molecule has 0 radical (unpaired) electrons. The molecule has 2 heterocycles. The van der Waals surface area contributed by atoms with Crippen molar-refractivity contribution >= 4 is 11.3 Å². The van der Waals surface area contributed by atoms with Crippen molar-refractivity contribution in [3.8, 4) is 0 Å². The molecule has 2 aromatic heterocycles. The fourth-order valence-corrected chi connectivity index (χ4v) is 3.19. The summed E-state index contributed by atoms with van der Waals surface area (Å²) in [5.74, 6) is 1.07. The molecule has 116 valence electrons. The first kappa shape index (κ1) is 16.1. The van der Waals surface area contributed by atoms with Crippen LogP contribution in [0, 0.1) is 6.92 Å². The average molecular weight is 307 g/mol. The van der Waals surface area contributed by atoms with Crippen LogP contribution in [0.5, 0.6) is 0 Å². The SMILES string of the molecule is CCCNC(Cc1nc(C)cs1)Cc1ncnn1CCC. The van der Waals surface area contributed by atoms with E-state index in [1.807, 2.05) is 11.6 Å². The van der Waals surface area contributed by atoms with Crippen molar-refractivity contribution in [2.24, 2.45) is 0 Å². The van der Waals surface area contributed by atoms with E-state index in [9.17, 15) is 0 Å². The third-order valence-corrected chi connectivity index (χ3v) is 4.32. The predicted molar refractivity (Wildman–Crippen MR) is 86.7 cm³/mol. The molecule has 0 aromatic carbocycles. The van der Waals surface area contributed by atoms with Crippen molar-refractivity contribution in [1.29, 1.82) is 0 Å². The van der Waals surface area contributed by atoms with E-state index in [2.05, 4.69) is 39.6 Å². The van der Waals surface area contributed by atoms with Crippen molar-refractivity contribution < 1.29 is 0 Å². The molecule has 1 atom stereocenters. The van der Waals surface area contributed by atoms with Crippen LogP contribution >= 0.6 is 11.3 Å². The highest BCUT2D eigenvalue weighted by molar-refractivity contribution is 7.09. The zero-order chi connectivity index (χ0) is 15.1. The lowest BCUT2D eigenvalue weighted by molar-refractivity contribution is 0.471. The van der Waals surface area contributed by atoms with Gasteiger partial charge in [0.25, 0.3) is 0 Å². The Hall–Kier alpha value is -1.27. The Labute approximate surface area is 130 Å². The normalized spacial score (nSPS) is 12.7. The summed E-state index contributed by atoms with van der Waals surface area (Å²) in [4.78, 5) is 9.01. The number of thiazole rings is 1. The van der Waals surface area contributed by atoms with Crippen LogP contribution in [-0.4, -0.2) is 32.3 Å². The summed E-state index contributed by atoms with van der Waals surface area (Å²) < 4.78 is 2.02. The first-order valence-corrected chi connectivity index (χ1v) is 8.62. The molecule has 21 heavy (non-hydrogen) atoms. The van der Waals surface area contributed by atoms with Crippen LogP contribution in [0.15, 0.2) is 11.7 Å². The van der Waals surface area contributed by atoms with Gasteiger partial charge in [-0.15, -0.1) is 11.3 Å². The van der Waals surface area contributed by atoms with Gasteiger partial charge in [-0.25, -0.2) is 9.97 Å². The van der Waals surface area contributed by atoms with Crippen molar-refractivity contribution in [2.75, 3.05) is 6.54 Å². The van der Waals surface area contributed by atoms with Crippen molar-refractivity contribution in [1.82, 2.24) is 25.1 Å². The van der Waals surface area contributed by atoms with E-state index in [4.69, 9.17) is 0 Å². The van der Waals surface area contributed by atoms with Gasteiger partial charge in [0.05, 0.1) is 5.01 Å². The lowest BCUT2D eigenvalue weighted by atomic mass is 10.1. The van der Waals surface area contributed by atoms with Crippen LogP contribution in [0.25, 0.3) is 0 Å². The maximum atomic E-state index is 4.58. The topological polar surface area (TPSA) is 55.6 Å². The van der Waals surface area contributed by atoms with Crippen LogP contribution in [0.2, 0.25) is 0 Å². The highest BCUT2D eigenvalue weighted by atomic mass is 32.1. The molecule has 2 rings (SSSR count). The highest BCUT2D eigenvalue weighted by Gasteiger charge is 2.15. The number of hydrogen-bond donors (Lipinski definition) is 1. The summed E-state index contributed by atoms with van der Waals surface area (Å²) in [5.41, 5.74) is 1.11. The summed E-state index contributed by atoms with van der Waals surface area (Å²) in [6.07, 6.45) is 5.73. The van der Waals surface area contributed by atoms with E-state index in [1.165, 1.54) is 5.01 Å². The molecule has 5 nitrogen and oxygen atoms in total. The fourth-order valence-electron chi connectivity index (χ4n) is 2.34. The number of aryl methyl sites for hydroxylation is 2. The minimum absolute atomic E-state index is 0.371. The molecule has 0 aliphatic carbocycles. The second kappa shape index (κ2) is 8.24. The standard InChI is InChI=1S/C15H25N5S/c1-4-6-16-13(9-15-19-12(3)10-21-15)8-14-17-11-18-20(14)7-5-2/h10-11,13,16H,4-9H2,1-3H3. The van der Waals surface area contributed by atoms with Gasteiger partial charge < -0.3 is 5.32 Å². The molecule has 0 aliphatic heterocycles. The molecule has 0 bridgehead atoms. The number of hydrogen-bond acceptors (Lipinski definition) is 5. The minimum Gasteiger partial charge on any atom is -0.313 e. The molecule has 0 saturated heterocycles. The number of nitrogens with zero attached hydrogens (tertiary/aromatic N) is 4. The van der Waals surface area contributed by atoms with Crippen molar-refractivity contribution in [2.45, 2.75) is 59.0 Å². The maximum Gasteiger partial charge on any atom is 0.138 e. The van der Waals surface area contributed by atoms with Crippen LogP contribution in [0.3, 0.4) is 0 Å². The van der Waals surface area contributed by atoms with E-state index >= 15 is 0 Å². The average Bonchev–Trinajstić information content (AvgIpc) is 3.06. The zero-order valence-electron chi connectivity index (χ0n) is 13.2. The monoisotopic (exact) mass is 307 g/mol. The third kappa shape index (κ3) is 4.89. The Kier molecular flexibility index (Phi) is 6.32. The Morgan fingerprint density at radius 1 is 1.29 bits per heavy atom. The molecule has 2 aromatic rings. The minimum atomic E-state index is 0.371. The van der Waals surface area contributed by atoms with Gasteiger partial charge >= 0.3 is 0 Å². The number of rotatable bonds is 9. The predicted octanol–water partition coefficient (Wildman–Crippen LogP) is 2.61. The van der Waals surface area contributed by atoms with Crippen molar-refractivity contribution in [3.05, 3.63) is 28.2 Å². The third-order valence-electron chi connectivity index (χ3n) is 3.33. The van der Waals surface area contributed by atoms with E-state index in [0.717, 1.165) is 50.3 Å². The van der Waals surface area contributed by atoms with Gasteiger partial charge in [0.1, 0.15) is 12.2 Å². The molecule has 1 N–H and O–H groups in total. The molecule has 0 amide bonds. The van der Waals surface area contributed by atoms with Crippen LogP contribution in [0.1, 0.15) is 43.2 Å². The first-order valence-electron chi connectivity index (χ1n) is 7.74. The van der Waals surface area contributed by atoms with Gasteiger partial charge in [0, 0.05) is 36.5 Å². The van der Waals surface area contributed by atoms with Gasteiger partial charge in [-0.05, 0) is 26.3 Å². The van der Waals surface area contributed by atoms with E-state index < -0.39 is 0 Å². The van der Waals surface area contributed by atoms with E-state index in [0.29, 0.717) is 6.04 Å². The summed E-state index contributed by atoms with van der Waals surface area (Å²) in [6.45, 7) is 8.36. The van der Waals surface area contributed by atoms with Crippen molar-refractivity contribution in [3.63, 3.8) is 0 Å². The smallest absolute Gasteiger partial charge is 0.138 e. The molecule has 6 heteroatoms. The molecular formula is C15H25N5S. The van der Waals surface area contributed by atoms with Gasteiger partial charge in [-0.2, -0.15) is 5.10 Å². The second-order valence-electron chi connectivity index (χ2n) is 5.34. The van der Waals surface area contributed by atoms with E-state index in [1.54, 1.807) is 17.7 Å². The summed E-state index contributed by atoms with van der Waals surface area (Å²) >= 11 is 1.74. The van der Waals surface area contributed by atoms with Gasteiger partial charge in [0.2, 0.25) is 0 Å². The lowest BCUT2D eigenvalue weighted by Gasteiger charge is -2.17. The lowest BCUT2D eigenvalue weighted by Crippen LogP contribution is -2.34. The largest absolute Gasteiger partial charge is 0.313 e. The highest BCUT2D eigenvalue weighted by Crippen LogP contribution is 2.13. The molecule has 0 fully saturated rings. The maximum absolute atomic E-state index is 4.58. The Bertz CT molecular complexity index is 534. The van der Waals surface area contributed by atoms with Crippen LogP contribution in [-0.2, 0) is 19.4 Å². The Balaban J connectivity index is 2.02. The quantitative estimate of drug-likeness (QED) is 0.773. The van der Waals surface area contributed by atoms with E-state index in [-0.39, 0.29) is 0 Å². The van der Waals surface area contributed by atoms with Crippen LogP contribution in [0.4, 0.5) is 0 Å². The Morgan fingerprint density at radius 3 is 2.81 bits per heavy atom. The van der Waals surface area contributed by atoms with Gasteiger partial charge in [-0.1, -0.05) is 13.8 Å². The van der Waals surface area contributed by atoms with Gasteiger partial charge in [0.15, 0.2) is 0 Å². The first-order chi connectivity index (χ1) is 10.2. The van der Waals surface area contributed by atoms with Crippen LogP contribution < -0.4 is 5.32 Å². The zero-order valence-corrected chi connectivity index (χ0v) is 14.0. The Morgan fingerprint density at radius 2 is 2.14 bits per heavy atom. The summed E-state index contributed by atoms with van der Waals surface area (Å²) in [6, 6.07) is 0.371. The fraction of sp³-hybridized carbons (Fsp3) is 0.667. The summed E-state index contributed by atoms with van der Waals surface area (Å²) in [7, 11) is 0. The summed E-state index contributed by atoms with van der Waals surface area (Å²) in [5, 5.41) is 11.2. The molecular weight excluding hydrogens is 282 g/mol. The number of nitrogens with one attached hydrogen (secondary N) is 1. The van der Waals surface area contributed by atoms with Gasteiger partial charge in [-0.3, -0.25) is 4.68 Å². The molecule has 0 aliphatic rings.